The van der Waals surface area contributed by atoms with E-state index in [0.29, 0.717) is 18.8 Å². The van der Waals surface area contributed by atoms with Crippen molar-refractivity contribution < 1.29 is 9.53 Å². The van der Waals surface area contributed by atoms with E-state index in [1.165, 1.54) is 5.56 Å². The van der Waals surface area contributed by atoms with Gasteiger partial charge < -0.3 is 14.6 Å². The van der Waals surface area contributed by atoms with Gasteiger partial charge in [0, 0.05) is 42.2 Å². The second-order valence-electron chi connectivity index (χ2n) is 7.46. The van der Waals surface area contributed by atoms with Gasteiger partial charge in [0.15, 0.2) is 0 Å². The number of benzene rings is 2. The molecule has 0 bridgehead atoms. The molecule has 5 rings (SSSR count). The molecule has 0 saturated carbocycles. The van der Waals surface area contributed by atoms with E-state index in [9.17, 15) is 4.79 Å². The van der Waals surface area contributed by atoms with E-state index in [1.54, 1.807) is 6.20 Å². The summed E-state index contributed by atoms with van der Waals surface area (Å²) in [5.74, 6) is 0.941. The lowest BCUT2D eigenvalue weighted by atomic mass is 10.1. The fourth-order valence-corrected chi connectivity index (χ4v) is 3.90. The molecule has 0 aliphatic carbocycles. The van der Waals surface area contributed by atoms with Gasteiger partial charge in [-0.25, -0.2) is 0 Å². The average molecular weight is 374 g/mol. The second kappa shape index (κ2) is 6.71. The van der Waals surface area contributed by atoms with Crippen LogP contribution in [0, 0.1) is 6.92 Å². The lowest BCUT2D eigenvalue weighted by Gasteiger charge is -2.32. The van der Waals surface area contributed by atoms with Gasteiger partial charge in [0.25, 0.3) is 5.91 Å². The topological polar surface area (TPSA) is 74.0 Å². The fraction of sp³-hybridized carbons (Fsp3) is 0.273. The first-order chi connectivity index (χ1) is 13.7. The molecule has 142 valence electrons. The smallest absolute Gasteiger partial charge is 0.270 e. The monoisotopic (exact) mass is 374 g/mol. The van der Waals surface area contributed by atoms with E-state index in [4.69, 9.17) is 4.74 Å². The van der Waals surface area contributed by atoms with Gasteiger partial charge in [0.05, 0.1) is 11.7 Å². The second-order valence-corrected chi connectivity index (χ2v) is 7.46. The van der Waals surface area contributed by atoms with Crippen LogP contribution in [0.4, 0.5) is 0 Å². The summed E-state index contributed by atoms with van der Waals surface area (Å²) in [5.41, 5.74) is 3.77. The zero-order chi connectivity index (χ0) is 19.1. The van der Waals surface area contributed by atoms with E-state index in [-0.39, 0.29) is 12.0 Å². The summed E-state index contributed by atoms with van der Waals surface area (Å²) in [6, 6.07) is 14.0. The number of carbonyl (C=O) groups excluding carboxylic acids is 1. The Hall–Kier alpha value is -3.28. The molecule has 2 aromatic heterocycles. The first-order valence-corrected chi connectivity index (χ1v) is 9.65. The number of ether oxygens (including phenoxy) is 1. The van der Waals surface area contributed by atoms with Gasteiger partial charge in [0.1, 0.15) is 17.5 Å². The van der Waals surface area contributed by atoms with E-state index in [0.717, 1.165) is 40.4 Å². The molecule has 0 radical (unpaired) electrons. The van der Waals surface area contributed by atoms with Gasteiger partial charge in [-0.15, -0.1) is 0 Å². The van der Waals surface area contributed by atoms with Crippen molar-refractivity contribution in [3.63, 3.8) is 0 Å². The highest BCUT2D eigenvalue weighted by Gasteiger charge is 2.26. The Bertz CT molecular complexity index is 1130. The van der Waals surface area contributed by atoms with E-state index in [2.05, 4.69) is 34.2 Å². The van der Waals surface area contributed by atoms with Crippen LogP contribution >= 0.6 is 0 Å². The van der Waals surface area contributed by atoms with Crippen LogP contribution in [0.5, 0.6) is 5.75 Å². The number of aromatic nitrogens is 3. The highest BCUT2D eigenvalue weighted by molar-refractivity contribution is 6.08. The molecule has 2 N–H and O–H groups in total. The van der Waals surface area contributed by atoms with Crippen LogP contribution in [0.15, 0.2) is 48.7 Å². The third-order valence-corrected chi connectivity index (χ3v) is 5.51. The maximum absolute atomic E-state index is 13.0. The third-order valence-electron chi connectivity index (χ3n) is 5.51. The Balaban J connectivity index is 1.28. The molecular formula is C22H22N4O2. The molecule has 6 heteroatoms. The van der Waals surface area contributed by atoms with Crippen molar-refractivity contribution in [1.82, 2.24) is 20.1 Å². The number of likely N-dealkylation sites (tertiary alicyclic amines) is 1. The van der Waals surface area contributed by atoms with Crippen LogP contribution in [-0.2, 0) is 0 Å². The number of hydrogen-bond donors (Lipinski definition) is 2. The molecule has 1 amide bonds. The van der Waals surface area contributed by atoms with Crippen LogP contribution in [0.3, 0.4) is 0 Å². The molecule has 1 saturated heterocycles. The molecule has 4 aromatic rings. The molecule has 0 spiro atoms. The number of hydrogen-bond acceptors (Lipinski definition) is 3. The highest BCUT2D eigenvalue weighted by Crippen LogP contribution is 2.26. The quantitative estimate of drug-likeness (QED) is 0.568. The SMILES string of the molecule is Cc1ccc(OC2CCN(C(=O)c3cc4c(ccc5[nH]ncc54)[nH]3)CC2)cc1. The average Bonchev–Trinajstić information content (AvgIpc) is 3.36. The Labute approximate surface area is 162 Å². The van der Waals surface area contributed by atoms with Crippen LogP contribution in [0.25, 0.3) is 21.8 Å². The van der Waals surface area contributed by atoms with Crippen molar-refractivity contribution in [3.8, 4) is 5.75 Å². The number of aryl methyl sites for hydroxylation is 1. The summed E-state index contributed by atoms with van der Waals surface area (Å²) < 4.78 is 6.08. The number of rotatable bonds is 3. The minimum absolute atomic E-state index is 0.0432. The van der Waals surface area contributed by atoms with E-state index < -0.39 is 0 Å². The summed E-state index contributed by atoms with van der Waals surface area (Å²) in [7, 11) is 0. The zero-order valence-corrected chi connectivity index (χ0v) is 15.7. The number of carbonyl (C=O) groups is 1. The van der Waals surface area contributed by atoms with Gasteiger partial charge in [-0.1, -0.05) is 17.7 Å². The van der Waals surface area contributed by atoms with Crippen molar-refractivity contribution in [2.75, 3.05) is 13.1 Å². The maximum Gasteiger partial charge on any atom is 0.270 e. The summed E-state index contributed by atoms with van der Waals surface area (Å²) >= 11 is 0. The fourth-order valence-electron chi connectivity index (χ4n) is 3.90. The predicted octanol–water partition coefficient (Wildman–Crippen LogP) is 4.04. The summed E-state index contributed by atoms with van der Waals surface area (Å²) in [6.07, 6.45) is 3.63. The third kappa shape index (κ3) is 3.01. The molecule has 3 heterocycles. The summed E-state index contributed by atoms with van der Waals surface area (Å²) in [4.78, 5) is 18.2. The maximum atomic E-state index is 13.0. The summed E-state index contributed by atoms with van der Waals surface area (Å²) in [6.45, 7) is 3.47. The van der Waals surface area contributed by atoms with Crippen molar-refractivity contribution in [2.24, 2.45) is 0 Å². The van der Waals surface area contributed by atoms with E-state index >= 15 is 0 Å². The number of amides is 1. The lowest BCUT2D eigenvalue weighted by Crippen LogP contribution is -2.41. The first kappa shape index (κ1) is 16.9. The highest BCUT2D eigenvalue weighted by atomic mass is 16.5. The van der Waals surface area contributed by atoms with Crippen molar-refractivity contribution >= 4 is 27.7 Å². The molecule has 0 unspecified atom stereocenters. The molecule has 6 nitrogen and oxygen atoms in total. The normalized spacial score (nSPS) is 15.4. The molecule has 1 fully saturated rings. The van der Waals surface area contributed by atoms with Crippen molar-refractivity contribution in [1.29, 1.82) is 0 Å². The van der Waals surface area contributed by atoms with Gasteiger partial charge in [-0.2, -0.15) is 5.10 Å². The van der Waals surface area contributed by atoms with Crippen molar-refractivity contribution in [3.05, 3.63) is 59.9 Å². The Morgan fingerprint density at radius 3 is 2.61 bits per heavy atom. The number of nitrogens with zero attached hydrogens (tertiary/aromatic N) is 2. The number of H-pyrrole nitrogens is 2. The first-order valence-electron chi connectivity index (χ1n) is 9.65. The van der Waals surface area contributed by atoms with Gasteiger partial charge in [-0.05, 0) is 37.3 Å². The number of piperidine rings is 1. The number of aromatic amines is 2. The van der Waals surface area contributed by atoms with Crippen LogP contribution in [-0.4, -0.2) is 45.2 Å². The van der Waals surface area contributed by atoms with Crippen LogP contribution < -0.4 is 4.74 Å². The molecule has 1 aliphatic rings. The summed E-state index contributed by atoms with van der Waals surface area (Å²) in [5, 5.41) is 9.11. The van der Waals surface area contributed by atoms with Crippen LogP contribution in [0.1, 0.15) is 28.9 Å². The minimum Gasteiger partial charge on any atom is -0.490 e. The van der Waals surface area contributed by atoms with Crippen LogP contribution in [0.2, 0.25) is 0 Å². The lowest BCUT2D eigenvalue weighted by molar-refractivity contribution is 0.0591. The Morgan fingerprint density at radius 1 is 1.07 bits per heavy atom. The number of fused-ring (bicyclic) bond motifs is 3. The van der Waals surface area contributed by atoms with Gasteiger partial charge in [-0.3, -0.25) is 9.89 Å². The zero-order valence-electron chi connectivity index (χ0n) is 15.7. The Morgan fingerprint density at radius 2 is 1.82 bits per heavy atom. The minimum atomic E-state index is 0.0432. The predicted molar refractivity (Wildman–Crippen MR) is 109 cm³/mol. The van der Waals surface area contributed by atoms with E-state index in [1.807, 2.05) is 35.2 Å². The molecule has 0 atom stereocenters. The standard InChI is InChI=1S/C22H22N4O2/c1-14-2-4-15(5-3-14)28-16-8-10-26(11-9-16)22(27)21-12-17-18-13-23-25-20(18)7-6-19(17)24-21/h2-7,12-13,16,24H,8-11H2,1H3,(H,23,25). The largest absolute Gasteiger partial charge is 0.490 e. The Kier molecular flexibility index (Phi) is 4.04. The molecule has 1 aliphatic heterocycles. The molecular weight excluding hydrogens is 352 g/mol. The number of nitrogens with one attached hydrogen (secondary N) is 2. The molecule has 28 heavy (non-hydrogen) atoms. The van der Waals surface area contributed by atoms with Gasteiger partial charge in [0.2, 0.25) is 0 Å². The van der Waals surface area contributed by atoms with Gasteiger partial charge >= 0.3 is 0 Å². The molecule has 2 aromatic carbocycles. The van der Waals surface area contributed by atoms with Crippen molar-refractivity contribution in [2.45, 2.75) is 25.9 Å².